The number of rotatable bonds is 13. The molecule has 45 heavy (non-hydrogen) atoms. The number of carbonyl (C=O) groups is 2. The second kappa shape index (κ2) is 14.4. The zero-order chi connectivity index (χ0) is 32.2. The van der Waals surface area contributed by atoms with Crippen LogP contribution in [0, 0.1) is 20.8 Å². The Morgan fingerprint density at radius 2 is 1.80 bits per heavy atom. The second-order valence-corrected chi connectivity index (χ2v) is 12.1. The van der Waals surface area contributed by atoms with Gasteiger partial charge in [-0.05, 0) is 62.6 Å². The molecule has 4 aromatic rings. The average Bonchev–Trinajstić information content (AvgIpc) is 3.37. The van der Waals surface area contributed by atoms with Crippen LogP contribution in [0.4, 0.5) is 5.95 Å². The third-order valence-corrected chi connectivity index (χ3v) is 8.78. The highest BCUT2D eigenvalue weighted by Crippen LogP contribution is 2.22. The summed E-state index contributed by atoms with van der Waals surface area (Å²) in [5.74, 6) is -2.12. The van der Waals surface area contributed by atoms with Crippen molar-refractivity contribution in [1.82, 2.24) is 24.3 Å². The van der Waals surface area contributed by atoms with Crippen molar-refractivity contribution in [3.8, 4) is 0 Å². The van der Waals surface area contributed by atoms with Crippen LogP contribution in [0.15, 0.2) is 58.6 Å². The number of fused-ring (bicyclic) bond motifs is 1. The van der Waals surface area contributed by atoms with Crippen molar-refractivity contribution in [3.63, 3.8) is 0 Å². The lowest BCUT2D eigenvalue weighted by molar-refractivity contribution is -0.138. The first-order chi connectivity index (χ1) is 20.8. The molecule has 0 saturated carbocycles. The number of hydrogen-bond acceptors (Lipinski definition) is 9. The molecule has 0 aliphatic rings. The standard InChI is InChI=1S/C29H35N7O7S.CH4/c1-17-11-18(2)26(19(3)12-17)44(42,43)34-23(28(39)40)15-32-27(38)22-16-35(9-4-7-30)24-13-20(5-6-21(24)25(22)37)14-33-29-31-8-10-36(29)41;/h5-6,8,10-13,16,23,34,41H,4,7,9,14-15,30H2,1-3H3,(H,31,33)(H,32,38)(H,39,40);1H4/t23-;/m0./s1. The molecular weight excluding hydrogens is 602 g/mol. The highest BCUT2D eigenvalue weighted by atomic mass is 32.2. The number of hydrogen-bond donors (Lipinski definition) is 6. The minimum Gasteiger partial charge on any atom is -0.480 e. The van der Waals surface area contributed by atoms with E-state index in [0.29, 0.717) is 36.2 Å². The number of sulfonamides is 1. The summed E-state index contributed by atoms with van der Waals surface area (Å²) >= 11 is 0. The number of imidazole rings is 1. The highest BCUT2D eigenvalue weighted by molar-refractivity contribution is 7.89. The van der Waals surface area contributed by atoms with Crippen molar-refractivity contribution in [3.05, 3.63) is 87.0 Å². The van der Waals surface area contributed by atoms with Crippen molar-refractivity contribution >= 4 is 38.8 Å². The quantitative estimate of drug-likeness (QED) is 0.117. The van der Waals surface area contributed by atoms with Crippen LogP contribution in [0.5, 0.6) is 0 Å². The number of aliphatic carboxylic acids is 1. The molecule has 242 valence electrons. The van der Waals surface area contributed by atoms with Crippen molar-refractivity contribution in [2.45, 2.75) is 58.6 Å². The fourth-order valence-corrected chi connectivity index (χ4v) is 6.71. The van der Waals surface area contributed by atoms with Crippen molar-refractivity contribution < 1.29 is 28.3 Å². The summed E-state index contributed by atoms with van der Waals surface area (Å²) in [6.07, 6.45) is 4.73. The lowest BCUT2D eigenvalue weighted by Crippen LogP contribution is -2.49. The van der Waals surface area contributed by atoms with Gasteiger partial charge in [0.15, 0.2) is 0 Å². The van der Waals surface area contributed by atoms with Gasteiger partial charge < -0.3 is 31.2 Å². The molecule has 0 unspecified atom stereocenters. The van der Waals surface area contributed by atoms with E-state index in [0.717, 1.165) is 15.9 Å². The molecule has 2 aromatic heterocycles. The molecule has 4 rings (SSSR count). The van der Waals surface area contributed by atoms with Crippen LogP contribution >= 0.6 is 0 Å². The Morgan fingerprint density at radius 3 is 2.40 bits per heavy atom. The first-order valence-corrected chi connectivity index (χ1v) is 15.2. The van der Waals surface area contributed by atoms with E-state index in [1.165, 1.54) is 18.6 Å². The normalized spacial score (nSPS) is 12.0. The number of aryl methyl sites for hydroxylation is 4. The summed E-state index contributed by atoms with van der Waals surface area (Å²) in [6, 6.07) is 6.71. The molecule has 1 atom stereocenters. The Kier molecular flexibility index (Phi) is 11.1. The lowest BCUT2D eigenvalue weighted by Gasteiger charge is -2.19. The average molecular weight is 642 g/mol. The molecule has 0 aliphatic carbocycles. The van der Waals surface area contributed by atoms with E-state index >= 15 is 0 Å². The van der Waals surface area contributed by atoms with E-state index in [4.69, 9.17) is 5.73 Å². The monoisotopic (exact) mass is 641 g/mol. The van der Waals surface area contributed by atoms with Crippen LogP contribution in [0.25, 0.3) is 10.9 Å². The smallest absolute Gasteiger partial charge is 0.323 e. The van der Waals surface area contributed by atoms with Crippen molar-refractivity contribution in [1.29, 1.82) is 0 Å². The molecule has 2 heterocycles. The minimum atomic E-state index is -4.26. The van der Waals surface area contributed by atoms with Gasteiger partial charge in [0.2, 0.25) is 21.4 Å². The van der Waals surface area contributed by atoms with Crippen LogP contribution in [0.2, 0.25) is 0 Å². The first-order valence-electron chi connectivity index (χ1n) is 13.8. The van der Waals surface area contributed by atoms with Crippen LogP contribution in [-0.2, 0) is 27.9 Å². The molecule has 0 radical (unpaired) electrons. The van der Waals surface area contributed by atoms with Gasteiger partial charge in [0, 0.05) is 31.2 Å². The van der Waals surface area contributed by atoms with Crippen molar-refractivity contribution in [2.24, 2.45) is 5.73 Å². The number of anilines is 1. The van der Waals surface area contributed by atoms with Gasteiger partial charge in [-0.25, -0.2) is 13.4 Å². The summed E-state index contributed by atoms with van der Waals surface area (Å²) in [6.45, 7) is 5.48. The predicted molar refractivity (Wildman–Crippen MR) is 170 cm³/mol. The van der Waals surface area contributed by atoms with Gasteiger partial charge >= 0.3 is 5.97 Å². The topological polar surface area (TPSA) is 211 Å². The minimum absolute atomic E-state index is 0. The van der Waals surface area contributed by atoms with Gasteiger partial charge in [0.25, 0.3) is 5.91 Å². The van der Waals surface area contributed by atoms with Gasteiger partial charge in [0.05, 0.1) is 22.8 Å². The molecule has 0 aliphatic heterocycles. The van der Waals surface area contributed by atoms with Gasteiger partial charge in [-0.3, -0.25) is 14.4 Å². The molecule has 2 aromatic carbocycles. The van der Waals surface area contributed by atoms with Crippen LogP contribution in [-0.4, -0.2) is 64.0 Å². The number of carboxylic acids is 1. The number of nitrogens with one attached hydrogen (secondary N) is 3. The SMILES string of the molecule is C.Cc1cc(C)c(S(=O)(=O)N[C@@H](CNC(=O)c2cn(CCCN)c3cc(CNc4nccn4O)ccc3c2=O)C(=O)O)c(C)c1. The Bertz CT molecular complexity index is 1860. The van der Waals surface area contributed by atoms with Gasteiger partial charge in [-0.1, -0.05) is 31.2 Å². The summed E-state index contributed by atoms with van der Waals surface area (Å²) < 4.78 is 31.0. The molecule has 0 bridgehead atoms. The van der Waals surface area contributed by atoms with Crippen molar-refractivity contribution in [2.75, 3.05) is 18.4 Å². The van der Waals surface area contributed by atoms with Crippen LogP contribution < -0.4 is 26.5 Å². The Labute approximate surface area is 260 Å². The van der Waals surface area contributed by atoms with Crippen LogP contribution in [0.3, 0.4) is 0 Å². The van der Waals surface area contributed by atoms with Gasteiger partial charge in [0.1, 0.15) is 11.6 Å². The fourth-order valence-electron chi connectivity index (χ4n) is 5.07. The Balaban J connectivity index is 0.00000552. The third-order valence-electron chi connectivity index (χ3n) is 7.00. The van der Waals surface area contributed by atoms with E-state index in [2.05, 4.69) is 20.3 Å². The number of benzene rings is 2. The van der Waals surface area contributed by atoms with Gasteiger partial charge in [-0.15, -0.1) is 0 Å². The molecular formula is C30H39N7O7S. The van der Waals surface area contributed by atoms with E-state index in [1.54, 1.807) is 48.7 Å². The predicted octanol–water partition coefficient (Wildman–Crippen LogP) is 2.12. The number of nitrogens with two attached hydrogens (primary N) is 1. The molecule has 7 N–H and O–H groups in total. The number of carbonyl (C=O) groups excluding carboxylic acids is 1. The fraction of sp³-hybridized carbons (Fsp3) is 0.333. The van der Waals surface area contributed by atoms with Gasteiger partial charge in [-0.2, -0.15) is 9.45 Å². The maximum Gasteiger partial charge on any atom is 0.323 e. The van der Waals surface area contributed by atoms with E-state index in [-0.39, 0.29) is 35.8 Å². The summed E-state index contributed by atoms with van der Waals surface area (Å²) in [5.41, 5.74) is 7.99. The highest BCUT2D eigenvalue weighted by Gasteiger charge is 2.29. The zero-order valence-corrected chi connectivity index (χ0v) is 25.3. The number of carboxylic acid groups (broad SMARTS) is 1. The molecule has 0 fully saturated rings. The lowest BCUT2D eigenvalue weighted by atomic mass is 10.1. The molecule has 0 saturated heterocycles. The number of aromatic nitrogens is 3. The Morgan fingerprint density at radius 1 is 1.11 bits per heavy atom. The molecule has 14 nitrogen and oxygen atoms in total. The third kappa shape index (κ3) is 7.87. The number of amides is 1. The summed E-state index contributed by atoms with van der Waals surface area (Å²) in [5, 5.41) is 25.1. The van der Waals surface area contributed by atoms with Crippen LogP contribution in [0.1, 0.15) is 46.5 Å². The Hall–Kier alpha value is -4.73. The first kappa shape index (κ1) is 34.8. The van der Waals surface area contributed by atoms with E-state index in [1.807, 2.05) is 6.92 Å². The van der Waals surface area contributed by atoms with E-state index in [9.17, 15) is 33.1 Å². The molecule has 0 spiro atoms. The zero-order valence-electron chi connectivity index (χ0n) is 24.5. The maximum atomic E-state index is 13.4. The van der Waals surface area contributed by atoms with E-state index < -0.39 is 39.9 Å². The number of nitrogens with zero attached hydrogens (tertiary/aromatic N) is 3. The summed E-state index contributed by atoms with van der Waals surface area (Å²) in [4.78, 5) is 42.6. The molecule has 15 heteroatoms. The summed E-state index contributed by atoms with van der Waals surface area (Å²) in [7, 11) is -4.26. The number of pyridine rings is 1. The molecule has 1 amide bonds. The second-order valence-electron chi connectivity index (χ2n) is 10.5. The largest absolute Gasteiger partial charge is 0.480 e. The maximum absolute atomic E-state index is 13.4.